The first kappa shape index (κ1) is 156. The number of nitrogens with zero attached hydrogens (tertiary/aromatic N) is 10. The summed E-state index contributed by atoms with van der Waals surface area (Å²) in [4.78, 5) is 14.6. The second-order valence-corrected chi connectivity index (χ2v) is 23.5. The average Bonchev–Trinajstić information content (AvgIpc) is 0.996. The van der Waals surface area contributed by atoms with Crippen molar-refractivity contribution in [2.75, 3.05) is 342 Å². The SMILES string of the molecule is CC#N.CC#N.CC(C[O-])(C[O-])C[O-].CC(C[O-])(C[O-])C[O-].CC(C[O-])(C[O-])C[O-].CC(C[O-])(C[O-])C[O-].[Mn+3].[Mn+3].[Mn+3].[Mn+3].[Mn+3].[Mn+3].[Mn+3].[Mn+3].[O-]CCN(CC[O-])CCN(CC[O-])CCO.[O-]CCN(CC[O-])CCN(CC[O-])CCO.[O-]CCN(CC[O-])CCN(CC[O-])CCO.[O-]CCN(CC[O-])CCN(CC[O-])CCO. The Bertz CT molecular complexity index is 1290. The van der Waals surface area contributed by atoms with E-state index in [2.05, 4.69) is 0 Å². The van der Waals surface area contributed by atoms with Gasteiger partial charge in [0.2, 0.25) is 0 Å². The molecule has 0 aromatic rings. The van der Waals surface area contributed by atoms with E-state index in [1.165, 1.54) is 41.5 Å². The molecule has 0 aromatic carbocycles. The second-order valence-electron chi connectivity index (χ2n) is 23.5. The third-order valence-electron chi connectivity index (χ3n) is 13.7. The van der Waals surface area contributed by atoms with Gasteiger partial charge in [-0.1, -0.05) is 49.4 Å². The predicted octanol–water partition coefficient (Wildman–Crippen LogP) is -28.0. The van der Waals surface area contributed by atoms with Crippen molar-refractivity contribution >= 4 is 0 Å². The molecule has 0 aromatic heterocycles. The zero-order valence-electron chi connectivity index (χ0n) is 64.9. The van der Waals surface area contributed by atoms with E-state index in [4.69, 9.17) is 30.9 Å². The van der Waals surface area contributed by atoms with Gasteiger partial charge >= 0.3 is 137 Å². The van der Waals surface area contributed by atoms with Crippen molar-refractivity contribution in [1.29, 1.82) is 10.5 Å². The van der Waals surface area contributed by atoms with Gasteiger partial charge in [-0.3, -0.25) is 0 Å². The summed E-state index contributed by atoms with van der Waals surface area (Å²) in [6, 6.07) is 3.50. The van der Waals surface area contributed by atoms with Crippen LogP contribution in [0.3, 0.4) is 0 Å². The van der Waals surface area contributed by atoms with E-state index in [1.54, 1.807) is 31.7 Å². The number of rotatable bonds is 56. The number of hydrogen-bond acceptors (Lipinski definition) is 38. The van der Waals surface area contributed by atoms with Gasteiger partial charge < -0.3 is 182 Å². The summed E-state index contributed by atoms with van der Waals surface area (Å²) in [5.41, 5.74) is -4.17. The predicted molar refractivity (Wildman–Crippen MR) is 332 cm³/mol. The Morgan fingerprint density at radius 3 is 0.309 bits per heavy atom. The first-order chi connectivity index (χ1) is 48.7. The summed E-state index contributed by atoms with van der Waals surface area (Å²) in [5, 5.41) is 296. The van der Waals surface area contributed by atoms with E-state index in [0.717, 1.165) is 0 Å². The van der Waals surface area contributed by atoms with E-state index >= 15 is 0 Å². The maximum Gasteiger partial charge on any atom is 3.00 e. The van der Waals surface area contributed by atoms with Crippen LogP contribution in [0.25, 0.3) is 0 Å². The maximum absolute atomic E-state index is 10.5. The van der Waals surface area contributed by atoms with Gasteiger partial charge in [0.15, 0.2) is 0 Å². The fourth-order valence-corrected chi connectivity index (χ4v) is 6.43. The van der Waals surface area contributed by atoms with Crippen LogP contribution in [0.15, 0.2) is 0 Å². The molecule has 0 saturated heterocycles. The molecule has 656 valence electrons. The minimum absolute atomic E-state index is 0. The fraction of sp³-hybridized carbons (Fsp3) is 0.969. The third kappa shape index (κ3) is 116. The van der Waals surface area contributed by atoms with Gasteiger partial charge in [-0.25, -0.2) is 0 Å². The molecule has 0 aliphatic heterocycles. The Kier molecular flexibility index (Phi) is 176. The Hall–Kier alpha value is 1.70. The van der Waals surface area contributed by atoms with Crippen molar-refractivity contribution < 1.29 is 280 Å². The van der Waals surface area contributed by atoms with E-state index < -0.39 is 101 Å². The van der Waals surface area contributed by atoms with Gasteiger partial charge in [0, 0.05) is 92.4 Å². The molecule has 46 heteroatoms. The number of nitriles is 2. The molecule has 38 nitrogen and oxygen atoms in total. The van der Waals surface area contributed by atoms with Crippen LogP contribution in [0.2, 0.25) is 0 Å². The zero-order chi connectivity index (χ0) is 80.8. The summed E-state index contributed by atoms with van der Waals surface area (Å²) in [7, 11) is 0. The summed E-state index contributed by atoms with van der Waals surface area (Å²) < 4.78 is 0. The quantitative estimate of drug-likeness (QED) is 0.0411. The molecule has 4 N–H and O–H groups in total. The molecule has 0 fully saturated rings. The minimum Gasteiger partial charge on any atom is -0.854 e. The molecule has 0 spiro atoms. The Morgan fingerprint density at radius 1 is 0.191 bits per heavy atom. The fourth-order valence-electron chi connectivity index (χ4n) is 6.43. The summed E-state index contributed by atoms with van der Waals surface area (Å²) >= 11 is 0. The molecular weight excluding hydrogens is 1800 g/mol. The summed E-state index contributed by atoms with van der Waals surface area (Å²) in [5.74, 6) is 0. The normalized spacial score (nSPS) is 10.4. The molecule has 0 atom stereocenters. The zero-order valence-corrected chi connectivity index (χ0v) is 74.3. The Morgan fingerprint density at radius 2 is 0.264 bits per heavy atom. The maximum atomic E-state index is 10.5. The van der Waals surface area contributed by atoms with Crippen LogP contribution in [-0.4, -0.2) is 402 Å². The summed E-state index contributed by atoms with van der Waals surface area (Å²) in [6.07, 6.45) is 0. The van der Waals surface area contributed by atoms with Gasteiger partial charge in [0.1, 0.15) is 0 Å². The number of hydrogen-bond donors (Lipinski definition) is 4. The topological polar surface area (TPSA) is 708 Å². The van der Waals surface area contributed by atoms with E-state index in [0.29, 0.717) is 157 Å². The molecule has 0 bridgehead atoms. The van der Waals surface area contributed by atoms with Gasteiger partial charge in [-0.15, -0.1) is 159 Å². The molecule has 0 aliphatic carbocycles. The molecule has 0 amide bonds. The molecule has 0 radical (unpaired) electrons. The standard InChI is InChI=1S/4C10H21N2O4.4C5H9O3.2C2H3N.8Mn/c4*13-7-3-11(4-8-14)1-2-12(5-9-15)6-10-16;4*1-5(2-6,3-7)4-8;2*1-2-3;;;;;;;;/h4*13H,1-10H2;4*2-4H2,1H3;2*1H3;;;;;;;;/q8*-3;;;8*+3. The largest absolute Gasteiger partial charge is 3.00 e. The van der Waals surface area contributed by atoms with Gasteiger partial charge in [0.05, 0.1) is 38.6 Å². The van der Waals surface area contributed by atoms with Crippen LogP contribution in [0.5, 0.6) is 0 Å². The molecule has 0 aliphatic rings. The smallest absolute Gasteiger partial charge is 0.854 e. The van der Waals surface area contributed by atoms with Crippen molar-refractivity contribution in [2.24, 2.45) is 21.7 Å². The first-order valence-corrected chi connectivity index (χ1v) is 33.5. The molecule has 110 heavy (non-hydrogen) atoms. The monoisotopic (exact) mass is 1920 g/mol. The molecule has 0 saturated carbocycles. The average molecular weight is 1920 g/mol. The van der Waals surface area contributed by atoms with Crippen molar-refractivity contribution in [3.63, 3.8) is 0 Å². The minimum atomic E-state index is -1.04. The van der Waals surface area contributed by atoms with E-state index in [-0.39, 0.29) is 242 Å². The number of aliphatic hydroxyl groups is 4. The molecule has 0 heterocycles. The van der Waals surface area contributed by atoms with Gasteiger partial charge in [0.25, 0.3) is 0 Å². The Labute approximate surface area is 741 Å². The second kappa shape index (κ2) is 124. The van der Waals surface area contributed by atoms with Crippen molar-refractivity contribution in [2.45, 2.75) is 41.5 Å². The van der Waals surface area contributed by atoms with Crippen molar-refractivity contribution in [3.05, 3.63) is 0 Å². The molecule has 0 unspecified atom stereocenters. The van der Waals surface area contributed by atoms with Gasteiger partial charge in [-0.2, -0.15) is 10.5 Å². The molecule has 0 rings (SSSR count). The van der Waals surface area contributed by atoms with Crippen LogP contribution >= 0.6 is 0 Å². The van der Waals surface area contributed by atoms with E-state index in [9.17, 15) is 123 Å². The summed E-state index contributed by atoms with van der Waals surface area (Å²) in [6.45, 7) is 10.6. The Balaban J connectivity index is -0.0000000546. The van der Waals surface area contributed by atoms with Crippen LogP contribution in [0.1, 0.15) is 41.5 Å². The third-order valence-corrected chi connectivity index (χ3v) is 13.7. The molecular formula is C64H126Mn8N10O28. The van der Waals surface area contributed by atoms with Crippen LogP contribution in [-0.2, 0) is 137 Å². The number of aliphatic hydroxyl groups excluding tert-OH is 4. The van der Waals surface area contributed by atoms with E-state index in [1.807, 2.05) is 19.6 Å². The van der Waals surface area contributed by atoms with Crippen LogP contribution < -0.4 is 123 Å². The van der Waals surface area contributed by atoms with Crippen LogP contribution in [0.4, 0.5) is 0 Å². The van der Waals surface area contributed by atoms with Crippen molar-refractivity contribution in [1.82, 2.24) is 39.2 Å². The van der Waals surface area contributed by atoms with Crippen LogP contribution in [0, 0.1) is 44.3 Å². The van der Waals surface area contributed by atoms with Crippen molar-refractivity contribution in [3.8, 4) is 12.1 Å². The van der Waals surface area contributed by atoms with Gasteiger partial charge in [-0.05, 0) is 78.5 Å². The first-order valence-electron chi connectivity index (χ1n) is 33.5.